The number of amides is 4. The zero-order chi connectivity index (χ0) is 22.0. The summed E-state index contributed by atoms with van der Waals surface area (Å²) in [4.78, 5) is 38.7. The Balaban J connectivity index is 1.73. The minimum Gasteiger partial charge on any atom is -0.273 e. The van der Waals surface area contributed by atoms with E-state index in [1.165, 1.54) is 24.3 Å². The predicted octanol–water partition coefficient (Wildman–Crippen LogP) is 4.74. The molecule has 7 heteroatoms. The number of barbiturate groups is 1. The van der Waals surface area contributed by atoms with Crippen molar-refractivity contribution in [2.75, 3.05) is 4.90 Å². The molecule has 1 aliphatic rings. The molecule has 3 aromatic carbocycles. The predicted molar refractivity (Wildman–Crippen MR) is 116 cm³/mol. The van der Waals surface area contributed by atoms with Crippen LogP contribution in [0.15, 0.2) is 78.4 Å². The quantitative estimate of drug-likeness (QED) is 0.476. The number of imide groups is 2. The van der Waals surface area contributed by atoms with E-state index in [2.05, 4.69) is 5.32 Å². The van der Waals surface area contributed by atoms with Crippen LogP contribution in [0, 0.1) is 5.82 Å². The van der Waals surface area contributed by atoms with E-state index in [0.29, 0.717) is 12.0 Å². The molecule has 0 radical (unpaired) electrons. The van der Waals surface area contributed by atoms with Gasteiger partial charge in [-0.1, -0.05) is 60.1 Å². The molecule has 0 aliphatic carbocycles. The van der Waals surface area contributed by atoms with Crippen LogP contribution in [-0.4, -0.2) is 17.8 Å². The summed E-state index contributed by atoms with van der Waals surface area (Å²) in [6.45, 7) is 0. The van der Waals surface area contributed by atoms with Gasteiger partial charge in [-0.3, -0.25) is 14.9 Å². The third kappa shape index (κ3) is 4.25. The fourth-order valence-corrected chi connectivity index (χ4v) is 3.59. The van der Waals surface area contributed by atoms with E-state index >= 15 is 0 Å². The first-order chi connectivity index (χ1) is 14.9. The third-order valence-electron chi connectivity index (χ3n) is 4.83. The maximum atomic E-state index is 13.6. The molecule has 1 aliphatic heterocycles. The minimum atomic E-state index is -0.867. The standard InChI is InChI=1S/C24H16ClFN2O3/c25-20-10-3-4-11-21(20)28-23(30)19(22(29)27-24(28)31)14-17-8-2-1-7-16(17)12-15-6-5-9-18(26)13-15/h1-11,13-14H,12H2,(H,27,29,31)/b19-14+. The van der Waals surface area contributed by atoms with Gasteiger partial charge in [-0.25, -0.2) is 14.1 Å². The normalized spacial score (nSPS) is 15.4. The van der Waals surface area contributed by atoms with Gasteiger partial charge in [0.05, 0.1) is 10.7 Å². The average Bonchev–Trinajstić information content (AvgIpc) is 2.73. The number of halogens is 2. The van der Waals surface area contributed by atoms with E-state index in [4.69, 9.17) is 11.6 Å². The Kier molecular flexibility index (Phi) is 5.64. The topological polar surface area (TPSA) is 66.5 Å². The number of hydrogen-bond donors (Lipinski definition) is 1. The van der Waals surface area contributed by atoms with E-state index in [1.807, 2.05) is 12.1 Å². The molecule has 4 amide bonds. The molecule has 0 saturated carbocycles. The number of nitrogens with one attached hydrogen (secondary N) is 1. The van der Waals surface area contributed by atoms with Gasteiger partial charge in [-0.2, -0.15) is 0 Å². The van der Waals surface area contributed by atoms with Crippen molar-refractivity contribution in [3.8, 4) is 0 Å². The molecule has 0 aromatic heterocycles. The van der Waals surface area contributed by atoms with Crippen LogP contribution in [0.5, 0.6) is 0 Å². The Morgan fingerprint density at radius 3 is 2.45 bits per heavy atom. The summed E-state index contributed by atoms with van der Waals surface area (Å²) < 4.78 is 13.6. The van der Waals surface area contributed by atoms with Crippen molar-refractivity contribution in [1.29, 1.82) is 0 Å². The number of hydrogen-bond acceptors (Lipinski definition) is 3. The van der Waals surface area contributed by atoms with Crippen molar-refractivity contribution in [2.45, 2.75) is 6.42 Å². The van der Waals surface area contributed by atoms with Crippen molar-refractivity contribution in [1.82, 2.24) is 5.32 Å². The molecule has 0 bridgehead atoms. The van der Waals surface area contributed by atoms with Crippen LogP contribution in [0.2, 0.25) is 5.02 Å². The highest BCUT2D eigenvalue weighted by Gasteiger charge is 2.37. The lowest BCUT2D eigenvalue weighted by atomic mass is 9.97. The van der Waals surface area contributed by atoms with E-state index < -0.39 is 17.8 Å². The van der Waals surface area contributed by atoms with Crippen LogP contribution in [0.1, 0.15) is 16.7 Å². The number of carbonyl (C=O) groups is 3. The second-order valence-corrected chi connectivity index (χ2v) is 7.32. The van der Waals surface area contributed by atoms with Gasteiger partial charge in [0.25, 0.3) is 11.8 Å². The van der Waals surface area contributed by atoms with Crippen LogP contribution < -0.4 is 10.2 Å². The second-order valence-electron chi connectivity index (χ2n) is 6.91. The fraction of sp³-hybridized carbons (Fsp3) is 0.0417. The number of benzene rings is 3. The zero-order valence-corrected chi connectivity index (χ0v) is 16.9. The van der Waals surface area contributed by atoms with Crippen LogP contribution in [0.3, 0.4) is 0 Å². The Bertz CT molecular complexity index is 1240. The zero-order valence-electron chi connectivity index (χ0n) is 16.1. The van der Waals surface area contributed by atoms with Crippen LogP contribution in [0.25, 0.3) is 6.08 Å². The molecule has 0 spiro atoms. The van der Waals surface area contributed by atoms with Crippen molar-refractivity contribution in [3.63, 3.8) is 0 Å². The van der Waals surface area contributed by atoms with Crippen molar-refractivity contribution < 1.29 is 18.8 Å². The molecular weight excluding hydrogens is 419 g/mol. The Morgan fingerprint density at radius 1 is 0.935 bits per heavy atom. The highest BCUT2D eigenvalue weighted by atomic mass is 35.5. The molecule has 4 rings (SSSR count). The highest BCUT2D eigenvalue weighted by Crippen LogP contribution is 2.29. The molecule has 3 aromatic rings. The molecular formula is C24H16ClFN2O3. The van der Waals surface area contributed by atoms with E-state index in [0.717, 1.165) is 16.0 Å². The summed E-state index contributed by atoms with van der Waals surface area (Å²) in [6.07, 6.45) is 1.84. The first kappa shape index (κ1) is 20.5. The monoisotopic (exact) mass is 434 g/mol. The van der Waals surface area contributed by atoms with Gasteiger partial charge in [-0.05, 0) is 53.5 Å². The summed E-state index contributed by atoms with van der Waals surface area (Å²) in [5.74, 6) is -1.91. The lowest BCUT2D eigenvalue weighted by Gasteiger charge is -2.27. The van der Waals surface area contributed by atoms with Gasteiger partial charge in [-0.15, -0.1) is 0 Å². The van der Waals surface area contributed by atoms with Crippen molar-refractivity contribution >= 4 is 41.2 Å². The number of carbonyl (C=O) groups excluding carboxylic acids is 3. The van der Waals surface area contributed by atoms with Gasteiger partial charge >= 0.3 is 6.03 Å². The number of nitrogens with zero attached hydrogens (tertiary/aromatic N) is 1. The number of para-hydroxylation sites is 1. The van der Waals surface area contributed by atoms with Crippen molar-refractivity contribution in [2.24, 2.45) is 0 Å². The third-order valence-corrected chi connectivity index (χ3v) is 5.15. The van der Waals surface area contributed by atoms with Crippen LogP contribution in [-0.2, 0) is 16.0 Å². The van der Waals surface area contributed by atoms with E-state index in [-0.39, 0.29) is 22.1 Å². The molecule has 1 fully saturated rings. The molecule has 1 heterocycles. The number of rotatable bonds is 4. The van der Waals surface area contributed by atoms with Gasteiger partial charge in [0, 0.05) is 0 Å². The van der Waals surface area contributed by atoms with Gasteiger partial charge in [0.2, 0.25) is 0 Å². The molecule has 1 N–H and O–H groups in total. The summed E-state index contributed by atoms with van der Waals surface area (Å²) >= 11 is 6.15. The largest absolute Gasteiger partial charge is 0.335 e. The van der Waals surface area contributed by atoms with Crippen LogP contribution in [0.4, 0.5) is 14.9 Å². The smallest absolute Gasteiger partial charge is 0.273 e. The Hall–Kier alpha value is -3.77. The molecule has 31 heavy (non-hydrogen) atoms. The highest BCUT2D eigenvalue weighted by molar-refractivity contribution is 6.42. The second kappa shape index (κ2) is 8.53. The summed E-state index contributed by atoms with van der Waals surface area (Å²) in [5.41, 5.74) is 2.13. The van der Waals surface area contributed by atoms with Gasteiger partial charge in [0.1, 0.15) is 11.4 Å². The lowest BCUT2D eigenvalue weighted by Crippen LogP contribution is -2.54. The fourth-order valence-electron chi connectivity index (χ4n) is 3.37. The van der Waals surface area contributed by atoms with Gasteiger partial charge < -0.3 is 0 Å². The molecule has 5 nitrogen and oxygen atoms in total. The maximum absolute atomic E-state index is 13.6. The maximum Gasteiger partial charge on any atom is 0.335 e. The van der Waals surface area contributed by atoms with Crippen molar-refractivity contribution in [3.05, 3.63) is 106 Å². The number of anilines is 1. The van der Waals surface area contributed by atoms with E-state index in [9.17, 15) is 18.8 Å². The van der Waals surface area contributed by atoms with E-state index in [1.54, 1.807) is 42.5 Å². The molecule has 154 valence electrons. The average molecular weight is 435 g/mol. The minimum absolute atomic E-state index is 0.179. The number of urea groups is 1. The first-order valence-corrected chi connectivity index (χ1v) is 9.80. The molecule has 0 unspecified atom stereocenters. The first-order valence-electron chi connectivity index (χ1n) is 9.42. The lowest BCUT2D eigenvalue weighted by molar-refractivity contribution is -0.122. The SMILES string of the molecule is O=C1NC(=O)N(c2ccccc2Cl)C(=O)/C1=C/c1ccccc1Cc1cccc(F)c1. The Morgan fingerprint density at radius 2 is 1.68 bits per heavy atom. The molecule has 0 atom stereocenters. The van der Waals surface area contributed by atoms with Gasteiger partial charge in [0.15, 0.2) is 0 Å². The summed E-state index contributed by atoms with van der Waals surface area (Å²) in [6, 6.07) is 18.9. The van der Waals surface area contributed by atoms with Crippen LogP contribution >= 0.6 is 11.6 Å². The Labute approximate surface area is 182 Å². The molecule has 1 saturated heterocycles. The summed E-state index contributed by atoms with van der Waals surface area (Å²) in [5, 5.41) is 2.38. The summed E-state index contributed by atoms with van der Waals surface area (Å²) in [7, 11) is 0.